The van der Waals surface area contributed by atoms with E-state index in [1.807, 2.05) is 96.2 Å². The van der Waals surface area contributed by atoms with Crippen molar-refractivity contribution in [3.63, 3.8) is 0 Å². The van der Waals surface area contributed by atoms with Gasteiger partial charge in [-0.25, -0.2) is 19.6 Å². The lowest BCUT2D eigenvalue weighted by Gasteiger charge is -2.36. The first-order chi connectivity index (χ1) is 26.3. The predicted octanol–water partition coefficient (Wildman–Crippen LogP) is 7.25. The summed E-state index contributed by atoms with van der Waals surface area (Å²) in [5, 5.41) is 22.1. The van der Waals surface area contributed by atoms with E-state index >= 15 is 0 Å². The zero-order valence-electron chi connectivity index (χ0n) is 32.6. The molecular weight excluding hydrogens is 704 g/mol. The molecule has 2 aliphatic heterocycles. The smallest absolute Gasteiger partial charge is 0.360 e. The van der Waals surface area contributed by atoms with Gasteiger partial charge in [-0.1, -0.05) is 113 Å². The van der Waals surface area contributed by atoms with Crippen molar-refractivity contribution in [2.24, 2.45) is 10.8 Å². The van der Waals surface area contributed by atoms with Gasteiger partial charge >= 0.3 is 11.9 Å². The Kier molecular flexibility index (Phi) is 15.7. The fraction of sp³-hybridized carbons (Fsp3) is 0.442. The number of esters is 2. The number of carbonyl (C=O) groups is 2. The molecular formula is C43H54N2O10. The van der Waals surface area contributed by atoms with Crippen LogP contribution in [-0.4, -0.2) is 82.0 Å². The third-order valence-electron chi connectivity index (χ3n) is 9.62. The van der Waals surface area contributed by atoms with Crippen LogP contribution in [0.3, 0.4) is 0 Å². The number of carbonyl (C=O) groups excluding carboxylic acids is 2. The lowest BCUT2D eigenvalue weighted by molar-refractivity contribution is -0.0457. The van der Waals surface area contributed by atoms with Crippen LogP contribution in [0.4, 0.5) is 0 Å². The molecule has 4 heterocycles. The first-order valence-corrected chi connectivity index (χ1v) is 18.4. The second-order valence-electron chi connectivity index (χ2n) is 14.5. The molecule has 0 radical (unpaired) electrons. The Morgan fingerprint density at radius 2 is 1.56 bits per heavy atom. The molecule has 0 aliphatic carbocycles. The van der Waals surface area contributed by atoms with Gasteiger partial charge in [0.2, 0.25) is 5.89 Å². The van der Waals surface area contributed by atoms with Gasteiger partial charge in [-0.15, -0.1) is 0 Å². The van der Waals surface area contributed by atoms with Crippen LogP contribution in [0.5, 0.6) is 0 Å². The van der Waals surface area contributed by atoms with Crippen LogP contribution in [-0.2, 0) is 25.4 Å². The van der Waals surface area contributed by atoms with Gasteiger partial charge in [0.1, 0.15) is 36.9 Å². The Labute approximate surface area is 323 Å². The quantitative estimate of drug-likeness (QED) is 0.178. The molecule has 0 spiro atoms. The summed E-state index contributed by atoms with van der Waals surface area (Å²) < 4.78 is 34.1. The van der Waals surface area contributed by atoms with Crippen molar-refractivity contribution >= 4 is 18.0 Å². The minimum absolute atomic E-state index is 0.00918. The zero-order valence-corrected chi connectivity index (χ0v) is 32.6. The summed E-state index contributed by atoms with van der Waals surface area (Å²) in [6.45, 7) is 11.0. The second-order valence-corrected chi connectivity index (χ2v) is 14.5. The van der Waals surface area contributed by atoms with Crippen molar-refractivity contribution < 1.29 is 47.6 Å². The number of hydrogen-bond donors (Lipinski definition) is 2. The van der Waals surface area contributed by atoms with Gasteiger partial charge in [0.25, 0.3) is 0 Å². The van der Waals surface area contributed by atoms with Crippen LogP contribution < -0.4 is 0 Å². The topological polar surface area (TPSA) is 167 Å². The van der Waals surface area contributed by atoms with Gasteiger partial charge in [0.15, 0.2) is 17.3 Å². The number of ether oxygens (including phenoxy) is 4. The summed E-state index contributed by atoms with van der Waals surface area (Å²) in [5.41, 5.74) is -1.66. The minimum Gasteiger partial charge on any atom is -0.457 e. The predicted molar refractivity (Wildman–Crippen MR) is 208 cm³/mol. The van der Waals surface area contributed by atoms with Crippen LogP contribution in [0.2, 0.25) is 0 Å². The highest BCUT2D eigenvalue weighted by Gasteiger charge is 2.39. The standard InChI is InChI=1S/C43H54N2O10/c1-8-18-34(46)42(3,4)37-24-14-12-10-11-13-20-29(50-7)26-39-45-31(28-52-39)41(49)54-36(19-9-2)43(5,6)35(47)23-17-22-33-32(53-33)21-15-16-25-38-44-30(27-51-38)40(48)55-37/h8-22,25,27-29,32-37,46-47H,23-24,26H2,1-7H3/b11-10-,14-12-,18-8+,19-9+,20-13+,21-15+,22-17-,25-16-. The van der Waals surface area contributed by atoms with Crippen LogP contribution >= 0.6 is 0 Å². The van der Waals surface area contributed by atoms with Crippen molar-refractivity contribution in [1.82, 2.24) is 9.97 Å². The highest BCUT2D eigenvalue weighted by Crippen LogP contribution is 2.34. The summed E-state index contributed by atoms with van der Waals surface area (Å²) in [4.78, 5) is 35.0. The van der Waals surface area contributed by atoms with E-state index in [2.05, 4.69) is 9.97 Å². The Hall–Kier alpha value is -4.88. The highest BCUT2D eigenvalue weighted by molar-refractivity contribution is 5.87. The molecule has 296 valence electrons. The average Bonchev–Trinajstić information content (AvgIpc) is 3.47. The second kappa shape index (κ2) is 20.2. The summed E-state index contributed by atoms with van der Waals surface area (Å²) in [6.07, 6.45) is 28.1. The summed E-state index contributed by atoms with van der Waals surface area (Å²) >= 11 is 0. The van der Waals surface area contributed by atoms with E-state index < -0.39 is 53.3 Å². The molecule has 0 saturated carbocycles. The molecule has 2 aromatic rings. The number of allylic oxidation sites excluding steroid dienone is 8. The molecule has 0 amide bonds. The summed E-state index contributed by atoms with van der Waals surface area (Å²) in [6, 6.07) is 0. The number of aromatic nitrogens is 2. The van der Waals surface area contributed by atoms with Crippen molar-refractivity contribution in [1.29, 1.82) is 0 Å². The van der Waals surface area contributed by atoms with Crippen LogP contribution in [0.1, 0.15) is 87.1 Å². The number of rotatable bonds is 5. The first kappa shape index (κ1) is 42.9. The van der Waals surface area contributed by atoms with Crippen LogP contribution in [0.25, 0.3) is 6.08 Å². The Morgan fingerprint density at radius 1 is 0.873 bits per heavy atom. The van der Waals surface area contributed by atoms with E-state index in [1.165, 1.54) is 12.5 Å². The Morgan fingerprint density at radius 3 is 2.31 bits per heavy atom. The van der Waals surface area contributed by atoms with Crippen molar-refractivity contribution in [2.75, 3.05) is 7.11 Å². The van der Waals surface area contributed by atoms with Gasteiger partial charge in [0.05, 0.1) is 24.7 Å². The number of aliphatic hydroxyl groups is 2. The minimum atomic E-state index is -0.877. The normalized spacial score (nSPS) is 30.1. The maximum atomic E-state index is 13.2. The largest absolute Gasteiger partial charge is 0.457 e. The molecule has 12 heteroatoms. The maximum Gasteiger partial charge on any atom is 0.360 e. The van der Waals surface area contributed by atoms with Crippen molar-refractivity contribution in [2.45, 2.75) is 104 Å². The Balaban J connectivity index is 1.56. The number of cyclic esters (lactones) is 2. The molecule has 1 saturated heterocycles. The van der Waals surface area contributed by atoms with Gasteiger partial charge in [-0.2, -0.15) is 0 Å². The van der Waals surface area contributed by atoms with E-state index in [9.17, 15) is 19.8 Å². The fourth-order valence-electron chi connectivity index (χ4n) is 5.65. The number of fused-ring (bicyclic) bond motifs is 5. The SMILES string of the molecule is C/C=C/C(O)C(C)(C)C1C\C=C/C=C\C=C\C(OC)Cc2nc(co2)C(=O)OC(/C=C/C)C(C)(C)C(O)C/C=C\C2OC2/C=C/C=C\c2nc(co2)C(=O)O1. The number of aliphatic hydroxyl groups excluding tert-OH is 2. The zero-order chi connectivity index (χ0) is 40.0. The molecule has 4 rings (SSSR count). The first-order valence-electron chi connectivity index (χ1n) is 18.4. The lowest BCUT2D eigenvalue weighted by atomic mass is 9.79. The molecule has 1 fully saturated rings. The van der Waals surface area contributed by atoms with E-state index in [-0.39, 0.29) is 35.9 Å². The number of nitrogens with zero attached hydrogens (tertiary/aromatic N) is 2. The summed E-state index contributed by atoms with van der Waals surface area (Å²) in [5.74, 6) is -0.830. The molecule has 7 atom stereocenters. The monoisotopic (exact) mass is 758 g/mol. The number of oxazole rings is 2. The molecule has 12 nitrogen and oxygen atoms in total. The molecule has 0 aromatic carbocycles. The van der Waals surface area contributed by atoms with E-state index in [4.69, 9.17) is 27.8 Å². The van der Waals surface area contributed by atoms with E-state index in [0.717, 1.165) is 0 Å². The lowest BCUT2D eigenvalue weighted by Crippen LogP contribution is -2.42. The number of hydrogen-bond acceptors (Lipinski definition) is 12. The van der Waals surface area contributed by atoms with E-state index in [0.29, 0.717) is 18.7 Å². The third-order valence-corrected chi connectivity index (χ3v) is 9.62. The fourth-order valence-corrected chi connectivity index (χ4v) is 5.65. The van der Waals surface area contributed by atoms with E-state index in [1.54, 1.807) is 49.6 Å². The average molecular weight is 759 g/mol. The van der Waals surface area contributed by atoms with Crippen molar-refractivity contribution in [3.05, 3.63) is 127 Å². The van der Waals surface area contributed by atoms with Crippen molar-refractivity contribution in [3.8, 4) is 0 Å². The third kappa shape index (κ3) is 12.3. The molecule has 2 aliphatic rings. The van der Waals surface area contributed by atoms with Gasteiger partial charge in [0, 0.05) is 30.4 Å². The van der Waals surface area contributed by atoms with Gasteiger partial charge in [-0.3, -0.25) is 0 Å². The number of methoxy groups -OCH3 is 1. The van der Waals surface area contributed by atoms with Gasteiger partial charge < -0.3 is 38.0 Å². The van der Waals surface area contributed by atoms with Gasteiger partial charge in [-0.05, 0) is 26.3 Å². The highest BCUT2D eigenvalue weighted by atomic mass is 16.6. The molecule has 55 heavy (non-hydrogen) atoms. The van der Waals surface area contributed by atoms with Crippen LogP contribution in [0.15, 0.2) is 113 Å². The molecule has 4 bridgehead atoms. The summed E-state index contributed by atoms with van der Waals surface area (Å²) in [7, 11) is 1.56. The molecule has 7 unspecified atom stereocenters. The number of epoxide rings is 1. The maximum absolute atomic E-state index is 13.2. The Bertz CT molecular complexity index is 1800. The van der Waals surface area contributed by atoms with Crippen LogP contribution in [0, 0.1) is 10.8 Å². The molecule has 2 aromatic heterocycles. The molecule has 2 N–H and O–H groups in total.